The largest absolute Gasteiger partial charge is 0.507 e. The van der Waals surface area contributed by atoms with Crippen LogP contribution in [0.3, 0.4) is 0 Å². The zero-order valence-electron chi connectivity index (χ0n) is 24.9. The van der Waals surface area contributed by atoms with Crippen LogP contribution in [-0.2, 0) is 19.1 Å². The number of nitrogens with zero attached hydrogens (tertiary/aromatic N) is 2. The Kier molecular flexibility index (Phi) is 12.3. The second-order valence-corrected chi connectivity index (χ2v) is 9.95. The summed E-state index contributed by atoms with van der Waals surface area (Å²) < 4.78 is 21.6. The molecule has 0 fully saturated rings. The summed E-state index contributed by atoms with van der Waals surface area (Å²) in [6.07, 6.45) is 3.68. The normalized spacial score (nSPS) is 12.3. The average Bonchev–Trinajstić information content (AvgIpc) is 2.97. The number of carbonyl (C=O) groups is 2. The molecule has 232 valence electrons. The smallest absolute Gasteiger partial charge is 0.348 e. The number of aromatic nitrogens is 3. The van der Waals surface area contributed by atoms with Crippen LogP contribution in [0.5, 0.6) is 23.0 Å². The van der Waals surface area contributed by atoms with Gasteiger partial charge < -0.3 is 29.2 Å². The number of aromatic amines is 1. The van der Waals surface area contributed by atoms with Crippen LogP contribution in [0.1, 0.15) is 66.2 Å². The number of ether oxygens (including phenoxy) is 4. The van der Waals surface area contributed by atoms with E-state index in [0.29, 0.717) is 13.2 Å². The third-order valence-corrected chi connectivity index (χ3v) is 6.36. The van der Waals surface area contributed by atoms with Gasteiger partial charge in [0, 0.05) is 12.1 Å². The number of H-pyrrole nitrogens is 1. The topological polar surface area (TPSA) is 170 Å². The highest BCUT2D eigenvalue weighted by Gasteiger charge is 2.20. The van der Waals surface area contributed by atoms with Crippen molar-refractivity contribution in [1.29, 1.82) is 0 Å². The second-order valence-electron chi connectivity index (χ2n) is 9.95. The Morgan fingerprint density at radius 2 is 1.26 bits per heavy atom. The van der Waals surface area contributed by atoms with E-state index in [1.165, 1.54) is 36.4 Å². The fourth-order valence-electron chi connectivity index (χ4n) is 3.98. The van der Waals surface area contributed by atoms with E-state index in [4.69, 9.17) is 18.9 Å². The molecule has 0 aliphatic rings. The number of phenols is 2. The molecule has 0 saturated carbocycles. The molecule has 0 aliphatic heterocycles. The first-order valence-corrected chi connectivity index (χ1v) is 14.4. The van der Waals surface area contributed by atoms with Crippen molar-refractivity contribution in [2.75, 3.05) is 13.2 Å². The molecule has 12 nitrogen and oxygen atoms in total. The molecular formula is C31H39N3O9. The van der Waals surface area contributed by atoms with Crippen molar-refractivity contribution in [1.82, 2.24) is 15.0 Å². The molecule has 3 aromatic rings. The van der Waals surface area contributed by atoms with Crippen molar-refractivity contribution in [3.8, 4) is 45.8 Å². The Morgan fingerprint density at radius 3 is 1.72 bits per heavy atom. The van der Waals surface area contributed by atoms with Gasteiger partial charge in [-0.3, -0.25) is 4.98 Å². The number of aromatic hydroxyl groups is 2. The van der Waals surface area contributed by atoms with Gasteiger partial charge in [-0.15, -0.1) is 0 Å². The zero-order chi connectivity index (χ0) is 31.4. The van der Waals surface area contributed by atoms with Crippen LogP contribution in [0.25, 0.3) is 22.8 Å². The van der Waals surface area contributed by atoms with Gasteiger partial charge in [-0.25, -0.2) is 19.4 Å². The van der Waals surface area contributed by atoms with E-state index >= 15 is 0 Å². The summed E-state index contributed by atoms with van der Waals surface area (Å²) in [5.74, 6) is -1.30. The number of hydrogen-bond donors (Lipinski definition) is 3. The summed E-state index contributed by atoms with van der Waals surface area (Å²) in [7, 11) is 0. The summed E-state index contributed by atoms with van der Waals surface area (Å²) >= 11 is 0. The molecule has 0 aliphatic carbocycles. The van der Waals surface area contributed by atoms with Crippen LogP contribution in [0.4, 0.5) is 0 Å². The molecule has 1 heterocycles. The quantitative estimate of drug-likeness (QED) is 0.151. The Morgan fingerprint density at radius 1 is 0.767 bits per heavy atom. The number of carbonyl (C=O) groups excluding carboxylic acids is 2. The maximum Gasteiger partial charge on any atom is 0.348 e. The van der Waals surface area contributed by atoms with Crippen molar-refractivity contribution in [2.45, 2.75) is 78.4 Å². The third kappa shape index (κ3) is 9.73. The Hall–Kier alpha value is -4.61. The fraction of sp³-hybridized carbons (Fsp3) is 0.452. The average molecular weight is 598 g/mol. The number of phenolic OH excluding ortho intramolecular Hbond substituents is 2. The molecule has 2 aromatic carbocycles. The highest BCUT2D eigenvalue weighted by Crippen LogP contribution is 2.34. The molecule has 3 rings (SSSR count). The van der Waals surface area contributed by atoms with E-state index in [0.717, 1.165) is 38.5 Å². The second kappa shape index (κ2) is 16.1. The minimum absolute atomic E-state index is 0.0124. The van der Waals surface area contributed by atoms with Gasteiger partial charge in [0.25, 0.3) is 0 Å². The molecule has 12 heteroatoms. The third-order valence-electron chi connectivity index (χ3n) is 6.36. The van der Waals surface area contributed by atoms with Crippen molar-refractivity contribution in [3.05, 3.63) is 46.9 Å². The highest BCUT2D eigenvalue weighted by atomic mass is 16.6. The molecule has 0 saturated heterocycles. The predicted octanol–water partition coefficient (Wildman–Crippen LogP) is 4.91. The van der Waals surface area contributed by atoms with E-state index in [-0.39, 0.29) is 45.8 Å². The number of nitrogens with one attached hydrogen (secondary N) is 1. The van der Waals surface area contributed by atoms with Crippen LogP contribution in [0.15, 0.2) is 41.2 Å². The van der Waals surface area contributed by atoms with E-state index in [1.807, 2.05) is 0 Å². The van der Waals surface area contributed by atoms with Gasteiger partial charge in [0.2, 0.25) is 0 Å². The molecule has 0 amide bonds. The number of esters is 2. The van der Waals surface area contributed by atoms with Crippen LogP contribution in [0.2, 0.25) is 0 Å². The number of benzene rings is 2. The van der Waals surface area contributed by atoms with Crippen LogP contribution in [-0.4, -0.2) is 62.5 Å². The lowest BCUT2D eigenvalue weighted by Gasteiger charge is -2.15. The number of unbranched alkanes of at least 4 members (excludes halogenated alkanes) is 4. The van der Waals surface area contributed by atoms with Gasteiger partial charge in [-0.1, -0.05) is 39.5 Å². The van der Waals surface area contributed by atoms with Gasteiger partial charge in [0.05, 0.1) is 24.3 Å². The summed E-state index contributed by atoms with van der Waals surface area (Å²) in [6, 6.07) is 8.48. The lowest BCUT2D eigenvalue weighted by molar-refractivity contribution is -0.152. The Balaban J connectivity index is 1.71. The molecule has 0 spiro atoms. The first kappa shape index (κ1) is 32.9. The lowest BCUT2D eigenvalue weighted by Crippen LogP contribution is -2.26. The van der Waals surface area contributed by atoms with E-state index < -0.39 is 29.8 Å². The Bertz CT molecular complexity index is 1340. The van der Waals surface area contributed by atoms with Gasteiger partial charge >= 0.3 is 17.6 Å². The zero-order valence-corrected chi connectivity index (χ0v) is 24.9. The molecule has 2 unspecified atom stereocenters. The molecule has 43 heavy (non-hydrogen) atoms. The molecule has 0 radical (unpaired) electrons. The SMILES string of the molecule is CCCCCOC(=O)C(C)Oc1ccc(-c2nc(-c3ccc(OC(C)C(=O)OCCCCC)cc3O)[nH]c(=O)n2)c(O)c1. The summed E-state index contributed by atoms with van der Waals surface area (Å²) in [5, 5.41) is 21.3. The first-order chi connectivity index (χ1) is 20.6. The number of hydrogen-bond acceptors (Lipinski definition) is 11. The van der Waals surface area contributed by atoms with Gasteiger partial charge in [0.1, 0.15) is 28.8 Å². The highest BCUT2D eigenvalue weighted by molar-refractivity contribution is 5.75. The van der Waals surface area contributed by atoms with Crippen molar-refractivity contribution >= 4 is 11.9 Å². The summed E-state index contributed by atoms with van der Waals surface area (Å²) in [5.41, 5.74) is -0.479. The van der Waals surface area contributed by atoms with Crippen molar-refractivity contribution in [3.63, 3.8) is 0 Å². The monoisotopic (exact) mass is 597 g/mol. The number of rotatable bonds is 16. The fourth-order valence-corrected chi connectivity index (χ4v) is 3.98. The van der Waals surface area contributed by atoms with Gasteiger partial charge in [-0.2, -0.15) is 4.98 Å². The molecular weight excluding hydrogens is 558 g/mol. The Labute approximate surface area is 250 Å². The molecule has 0 bridgehead atoms. The van der Waals surface area contributed by atoms with Crippen molar-refractivity contribution in [2.24, 2.45) is 0 Å². The van der Waals surface area contributed by atoms with Crippen molar-refractivity contribution < 1.29 is 38.7 Å². The van der Waals surface area contributed by atoms with Crippen LogP contribution < -0.4 is 15.2 Å². The van der Waals surface area contributed by atoms with E-state index in [1.54, 1.807) is 13.8 Å². The maximum atomic E-state index is 12.4. The first-order valence-electron chi connectivity index (χ1n) is 14.4. The minimum Gasteiger partial charge on any atom is -0.507 e. The summed E-state index contributed by atoms with van der Waals surface area (Å²) in [4.78, 5) is 47.4. The van der Waals surface area contributed by atoms with E-state index in [2.05, 4.69) is 28.8 Å². The van der Waals surface area contributed by atoms with Gasteiger partial charge in [0.15, 0.2) is 18.0 Å². The minimum atomic E-state index is -0.899. The molecule has 3 N–H and O–H groups in total. The maximum absolute atomic E-state index is 12.4. The predicted molar refractivity (Wildman–Crippen MR) is 158 cm³/mol. The molecule has 1 aromatic heterocycles. The van der Waals surface area contributed by atoms with E-state index in [9.17, 15) is 24.6 Å². The summed E-state index contributed by atoms with van der Waals surface area (Å²) in [6.45, 7) is 7.82. The van der Waals surface area contributed by atoms with Crippen LogP contribution >= 0.6 is 0 Å². The molecule has 2 atom stereocenters. The standard InChI is InChI=1S/C31H39N3O9/c1-5-7-9-15-40-29(37)19(3)42-21-11-13-23(25(35)17-21)27-32-28(34-31(39)33-27)24-14-12-22(18-26(24)36)43-20(4)30(38)41-16-10-8-6-2/h11-14,17-20,35-36H,5-10,15-16H2,1-4H3,(H,32,33,34,39). The van der Waals surface area contributed by atoms with Gasteiger partial charge in [-0.05, 0) is 51.0 Å². The lowest BCUT2D eigenvalue weighted by atomic mass is 10.1. The van der Waals surface area contributed by atoms with Crippen LogP contribution in [0, 0.1) is 0 Å².